The Balaban J connectivity index is 1.78. The van der Waals surface area contributed by atoms with E-state index in [0.29, 0.717) is 0 Å². The van der Waals surface area contributed by atoms with Crippen molar-refractivity contribution >= 4 is 0 Å². The van der Waals surface area contributed by atoms with E-state index in [0.717, 1.165) is 24.2 Å². The molecular formula is C12H18N2. The first-order valence-electron chi connectivity index (χ1n) is 5.39. The van der Waals surface area contributed by atoms with Crippen LogP contribution in [0.1, 0.15) is 31.0 Å². The highest BCUT2D eigenvalue weighted by atomic mass is 14.9. The lowest BCUT2D eigenvalue weighted by Gasteiger charge is -2.33. The Morgan fingerprint density at radius 3 is 2.79 bits per heavy atom. The van der Waals surface area contributed by atoms with Crippen LogP contribution >= 0.6 is 0 Å². The van der Waals surface area contributed by atoms with Crippen LogP contribution in [0.2, 0.25) is 0 Å². The van der Waals surface area contributed by atoms with Crippen LogP contribution in [-0.2, 0) is 6.54 Å². The zero-order valence-corrected chi connectivity index (χ0v) is 8.96. The van der Waals surface area contributed by atoms with E-state index in [2.05, 4.69) is 36.3 Å². The lowest BCUT2D eigenvalue weighted by Crippen LogP contribution is -2.39. The number of hydrogen-bond acceptors (Lipinski definition) is 2. The van der Waals surface area contributed by atoms with Gasteiger partial charge in [-0.3, -0.25) is 4.98 Å². The maximum Gasteiger partial charge on any atom is 0.0541 e. The third kappa shape index (κ3) is 2.32. The summed E-state index contributed by atoms with van der Waals surface area (Å²) in [6, 6.07) is 4.95. The highest BCUT2D eigenvalue weighted by Gasteiger charge is 2.24. The Morgan fingerprint density at radius 1 is 1.43 bits per heavy atom. The second-order valence-corrected chi connectivity index (χ2v) is 4.48. The van der Waals surface area contributed by atoms with Crippen LogP contribution in [0.4, 0.5) is 0 Å². The Bertz CT molecular complexity index is 286. The van der Waals surface area contributed by atoms with E-state index in [1.165, 1.54) is 18.4 Å². The van der Waals surface area contributed by atoms with E-state index < -0.39 is 0 Å². The molecule has 2 nitrogen and oxygen atoms in total. The minimum absolute atomic E-state index is 0.730. The topological polar surface area (TPSA) is 24.9 Å². The van der Waals surface area contributed by atoms with Crippen molar-refractivity contribution in [3.05, 3.63) is 29.6 Å². The van der Waals surface area contributed by atoms with Crippen LogP contribution in [0.25, 0.3) is 0 Å². The third-order valence-electron chi connectivity index (χ3n) is 2.92. The lowest BCUT2D eigenvalue weighted by molar-refractivity contribution is 0.239. The molecule has 2 heteroatoms. The van der Waals surface area contributed by atoms with E-state index in [1.807, 2.05) is 6.20 Å². The summed E-state index contributed by atoms with van der Waals surface area (Å²) in [5, 5.41) is 3.52. The predicted molar refractivity (Wildman–Crippen MR) is 58.0 cm³/mol. The quantitative estimate of drug-likeness (QED) is 0.791. The molecular weight excluding hydrogens is 172 g/mol. The van der Waals surface area contributed by atoms with E-state index >= 15 is 0 Å². The van der Waals surface area contributed by atoms with Gasteiger partial charge in [0.2, 0.25) is 0 Å². The average molecular weight is 190 g/mol. The summed E-state index contributed by atoms with van der Waals surface area (Å²) < 4.78 is 0. The summed E-state index contributed by atoms with van der Waals surface area (Å²) in [7, 11) is 0. The zero-order chi connectivity index (χ0) is 9.97. The van der Waals surface area contributed by atoms with Crippen molar-refractivity contribution in [3.8, 4) is 0 Å². The van der Waals surface area contributed by atoms with Gasteiger partial charge in [-0.25, -0.2) is 0 Å². The van der Waals surface area contributed by atoms with E-state index in [-0.39, 0.29) is 0 Å². The monoisotopic (exact) mass is 190 g/mol. The van der Waals surface area contributed by atoms with Gasteiger partial charge >= 0.3 is 0 Å². The normalized spacial score (nSPS) is 25.9. The molecule has 1 aromatic rings. The van der Waals surface area contributed by atoms with Gasteiger partial charge in [-0.15, -0.1) is 0 Å². The molecule has 1 saturated carbocycles. The molecule has 1 aliphatic rings. The number of nitrogens with one attached hydrogen (secondary N) is 1. The molecule has 1 aromatic heterocycles. The van der Waals surface area contributed by atoms with Gasteiger partial charge in [-0.1, -0.05) is 13.0 Å². The Labute approximate surface area is 85.7 Å². The second-order valence-electron chi connectivity index (χ2n) is 4.48. The maximum atomic E-state index is 4.37. The molecule has 14 heavy (non-hydrogen) atoms. The average Bonchev–Trinajstić information content (AvgIpc) is 2.13. The zero-order valence-electron chi connectivity index (χ0n) is 8.96. The van der Waals surface area contributed by atoms with Crippen molar-refractivity contribution in [1.29, 1.82) is 0 Å². The highest BCUT2D eigenvalue weighted by Crippen LogP contribution is 2.26. The van der Waals surface area contributed by atoms with Crippen molar-refractivity contribution in [2.45, 2.75) is 39.3 Å². The van der Waals surface area contributed by atoms with Crippen molar-refractivity contribution in [2.24, 2.45) is 5.92 Å². The standard InChI is InChI=1S/C12H18N2/c1-9-3-4-11(13-7-9)8-14-12-5-10(2)6-12/h3-4,7,10,12,14H,5-6,8H2,1-2H3. The minimum atomic E-state index is 0.730. The fraction of sp³-hybridized carbons (Fsp3) is 0.583. The van der Waals surface area contributed by atoms with Gasteiger partial charge in [0.05, 0.1) is 5.69 Å². The maximum absolute atomic E-state index is 4.37. The Kier molecular flexibility index (Phi) is 2.82. The van der Waals surface area contributed by atoms with Gasteiger partial charge in [-0.2, -0.15) is 0 Å². The van der Waals surface area contributed by atoms with Crippen LogP contribution in [0.15, 0.2) is 18.3 Å². The summed E-state index contributed by atoms with van der Waals surface area (Å²) in [6.45, 7) is 5.29. The lowest BCUT2D eigenvalue weighted by atomic mass is 9.82. The summed E-state index contributed by atoms with van der Waals surface area (Å²) >= 11 is 0. The molecule has 0 bridgehead atoms. The number of hydrogen-bond donors (Lipinski definition) is 1. The highest BCUT2D eigenvalue weighted by molar-refractivity contribution is 5.12. The molecule has 2 rings (SSSR count). The predicted octanol–water partition coefficient (Wildman–Crippen LogP) is 2.28. The molecule has 1 N–H and O–H groups in total. The van der Waals surface area contributed by atoms with Crippen molar-refractivity contribution in [3.63, 3.8) is 0 Å². The summed E-state index contributed by atoms with van der Waals surface area (Å²) in [5.41, 5.74) is 2.38. The number of rotatable bonds is 3. The number of pyridine rings is 1. The van der Waals surface area contributed by atoms with Crippen molar-refractivity contribution < 1.29 is 0 Å². The molecule has 0 amide bonds. The van der Waals surface area contributed by atoms with Gasteiger partial charge in [-0.05, 0) is 37.3 Å². The van der Waals surface area contributed by atoms with Crippen LogP contribution in [-0.4, -0.2) is 11.0 Å². The summed E-state index contributed by atoms with van der Waals surface area (Å²) in [5.74, 6) is 0.915. The van der Waals surface area contributed by atoms with Gasteiger partial charge in [0.15, 0.2) is 0 Å². The fourth-order valence-corrected chi connectivity index (χ4v) is 1.92. The van der Waals surface area contributed by atoms with Gasteiger partial charge in [0, 0.05) is 18.8 Å². The molecule has 0 saturated heterocycles. The third-order valence-corrected chi connectivity index (χ3v) is 2.92. The van der Waals surface area contributed by atoms with E-state index in [1.54, 1.807) is 0 Å². The minimum Gasteiger partial charge on any atom is -0.308 e. The van der Waals surface area contributed by atoms with Crippen LogP contribution in [0.5, 0.6) is 0 Å². The largest absolute Gasteiger partial charge is 0.308 e. The first-order chi connectivity index (χ1) is 6.74. The molecule has 0 radical (unpaired) electrons. The number of aromatic nitrogens is 1. The van der Waals surface area contributed by atoms with Crippen LogP contribution in [0, 0.1) is 12.8 Å². The first kappa shape index (κ1) is 9.66. The fourth-order valence-electron chi connectivity index (χ4n) is 1.92. The molecule has 1 fully saturated rings. The molecule has 76 valence electrons. The van der Waals surface area contributed by atoms with Gasteiger partial charge in [0.1, 0.15) is 0 Å². The van der Waals surface area contributed by atoms with Crippen molar-refractivity contribution in [2.75, 3.05) is 0 Å². The smallest absolute Gasteiger partial charge is 0.0541 e. The molecule has 0 atom stereocenters. The van der Waals surface area contributed by atoms with Gasteiger partial charge < -0.3 is 5.32 Å². The molecule has 0 aliphatic heterocycles. The molecule has 0 unspecified atom stereocenters. The van der Waals surface area contributed by atoms with Crippen LogP contribution in [0.3, 0.4) is 0 Å². The Morgan fingerprint density at radius 2 is 2.21 bits per heavy atom. The SMILES string of the molecule is Cc1ccc(CNC2CC(C)C2)nc1. The summed E-state index contributed by atoms with van der Waals surface area (Å²) in [4.78, 5) is 4.37. The Hall–Kier alpha value is -0.890. The van der Waals surface area contributed by atoms with E-state index in [9.17, 15) is 0 Å². The number of aryl methyl sites for hydroxylation is 1. The van der Waals surface area contributed by atoms with E-state index in [4.69, 9.17) is 0 Å². The van der Waals surface area contributed by atoms with Crippen LogP contribution < -0.4 is 5.32 Å². The second kappa shape index (κ2) is 4.09. The molecule has 0 aromatic carbocycles. The van der Waals surface area contributed by atoms with Gasteiger partial charge in [0.25, 0.3) is 0 Å². The van der Waals surface area contributed by atoms with Crippen molar-refractivity contribution in [1.82, 2.24) is 10.3 Å². The first-order valence-corrected chi connectivity index (χ1v) is 5.39. The summed E-state index contributed by atoms with van der Waals surface area (Å²) in [6.07, 6.45) is 4.58. The molecule has 1 aliphatic carbocycles. The molecule has 0 spiro atoms. The molecule has 1 heterocycles. The number of nitrogens with zero attached hydrogens (tertiary/aromatic N) is 1.